The second kappa shape index (κ2) is 11.1. The number of carbonyl (C=O) groups is 2. The molecule has 1 N–H and O–H groups in total. The molecule has 1 aromatic carbocycles. The largest absolute Gasteiger partial charge is 0.460 e. The Bertz CT molecular complexity index is 1230. The van der Waals surface area contributed by atoms with Crippen LogP contribution in [0.1, 0.15) is 6.92 Å². The summed E-state index contributed by atoms with van der Waals surface area (Å²) in [7, 11) is 5.03. The first kappa shape index (κ1) is 25.9. The molecule has 2 aromatic rings. The highest BCUT2D eigenvalue weighted by Gasteiger charge is 2.23. The molecule has 0 saturated heterocycles. The van der Waals surface area contributed by atoms with Gasteiger partial charge in [-0.05, 0) is 24.3 Å². The number of allylic oxidation sites excluding steroid dienone is 1. The van der Waals surface area contributed by atoms with Gasteiger partial charge in [-0.2, -0.15) is 5.10 Å². The van der Waals surface area contributed by atoms with Gasteiger partial charge in [-0.25, -0.2) is 9.38 Å². The normalized spacial score (nSPS) is 15.0. The average molecular weight is 545 g/mol. The fourth-order valence-electron chi connectivity index (χ4n) is 3.22. The minimum Gasteiger partial charge on any atom is -0.460 e. The van der Waals surface area contributed by atoms with E-state index in [9.17, 15) is 14.0 Å². The zero-order chi connectivity index (χ0) is 25.7. The van der Waals surface area contributed by atoms with E-state index in [1.807, 2.05) is 0 Å². The first-order valence-corrected chi connectivity index (χ1v) is 11.4. The number of aliphatic imine (C=N–C) groups is 1. The van der Waals surface area contributed by atoms with Crippen LogP contribution in [0.2, 0.25) is 0 Å². The Labute approximate surface area is 211 Å². The lowest BCUT2D eigenvalue weighted by Crippen LogP contribution is -2.26. The summed E-state index contributed by atoms with van der Waals surface area (Å²) < 4.78 is 21.2. The SMILES string of the molecule is C=C/C(C(=O)Nc1cn(CC(=O)N(C)C)nc1-c1cc(Br)ccc1OC(C)F)=C1/N=CC=CN1C. The standard InChI is InChI=1S/C24H26BrFN6O3/c1-6-17(23-27-10-7-11-31(23)5)24(34)28-19-13-32(14-21(33)30(3)4)29-22(19)18-12-16(25)8-9-20(18)35-15(2)26/h6-13,15H,1,14H2,2-5H3,(H,28,34)/b23-17+. The molecule has 1 aliphatic heterocycles. The molecule has 0 spiro atoms. The molecule has 2 heterocycles. The number of ether oxygens (including phenoxy) is 1. The number of carbonyl (C=O) groups excluding carboxylic acids is 2. The molecule has 35 heavy (non-hydrogen) atoms. The summed E-state index contributed by atoms with van der Waals surface area (Å²) >= 11 is 3.41. The summed E-state index contributed by atoms with van der Waals surface area (Å²) in [6.07, 6.45) is 6.46. The number of halogens is 2. The maximum Gasteiger partial charge on any atom is 0.259 e. The Morgan fingerprint density at radius 1 is 1.37 bits per heavy atom. The van der Waals surface area contributed by atoms with Crippen LogP contribution >= 0.6 is 15.9 Å². The second-order valence-electron chi connectivity index (χ2n) is 7.80. The van der Waals surface area contributed by atoms with Crippen LogP contribution < -0.4 is 10.1 Å². The number of hydrogen-bond acceptors (Lipinski definition) is 6. The van der Waals surface area contributed by atoms with E-state index in [2.05, 4.69) is 37.9 Å². The third-order valence-electron chi connectivity index (χ3n) is 4.91. The van der Waals surface area contributed by atoms with Crippen molar-refractivity contribution in [3.63, 3.8) is 0 Å². The average Bonchev–Trinajstić information content (AvgIpc) is 3.18. The topological polar surface area (TPSA) is 92.1 Å². The van der Waals surface area contributed by atoms with E-state index in [0.29, 0.717) is 27.2 Å². The number of nitrogens with one attached hydrogen (secondary N) is 1. The van der Waals surface area contributed by atoms with Gasteiger partial charge < -0.3 is 19.9 Å². The van der Waals surface area contributed by atoms with Crippen LogP contribution in [0.5, 0.6) is 5.75 Å². The predicted octanol–water partition coefficient (Wildman–Crippen LogP) is 3.96. The van der Waals surface area contributed by atoms with Crippen molar-refractivity contribution in [2.24, 2.45) is 4.99 Å². The summed E-state index contributed by atoms with van der Waals surface area (Å²) in [6.45, 7) is 4.96. The fourth-order valence-corrected chi connectivity index (χ4v) is 3.58. The summed E-state index contributed by atoms with van der Waals surface area (Å²) in [4.78, 5) is 33.0. The molecule has 0 aliphatic carbocycles. The number of hydrogen-bond donors (Lipinski definition) is 1. The molecule has 184 valence electrons. The predicted molar refractivity (Wildman–Crippen MR) is 137 cm³/mol. The van der Waals surface area contributed by atoms with E-state index < -0.39 is 12.3 Å². The number of anilines is 1. The summed E-state index contributed by atoms with van der Waals surface area (Å²) in [5.74, 6) is -0.0365. The lowest BCUT2D eigenvalue weighted by Gasteiger charge is -2.19. The van der Waals surface area contributed by atoms with Crippen LogP contribution in [0.4, 0.5) is 10.1 Å². The van der Waals surface area contributed by atoms with Gasteiger partial charge in [0.15, 0.2) is 0 Å². The molecule has 1 unspecified atom stereocenters. The molecule has 1 atom stereocenters. The Balaban J connectivity index is 2.09. The molecule has 11 heteroatoms. The monoisotopic (exact) mass is 544 g/mol. The zero-order valence-electron chi connectivity index (χ0n) is 19.8. The second-order valence-corrected chi connectivity index (χ2v) is 8.72. The molecule has 0 fully saturated rings. The van der Waals surface area contributed by atoms with E-state index >= 15 is 0 Å². The zero-order valence-corrected chi connectivity index (χ0v) is 21.4. The number of nitrogens with zero attached hydrogens (tertiary/aromatic N) is 5. The van der Waals surface area contributed by atoms with Gasteiger partial charge >= 0.3 is 0 Å². The fraction of sp³-hybridized carbons (Fsp3) is 0.250. The van der Waals surface area contributed by atoms with E-state index in [1.54, 1.807) is 62.7 Å². The number of benzene rings is 1. The van der Waals surface area contributed by atoms with Crippen molar-refractivity contribution in [2.45, 2.75) is 19.8 Å². The van der Waals surface area contributed by atoms with Crippen molar-refractivity contribution in [1.82, 2.24) is 19.6 Å². The van der Waals surface area contributed by atoms with Crippen molar-refractivity contribution in [3.8, 4) is 17.0 Å². The third-order valence-corrected chi connectivity index (χ3v) is 5.40. The lowest BCUT2D eigenvalue weighted by atomic mass is 10.1. The number of amides is 2. The molecule has 1 aromatic heterocycles. The van der Waals surface area contributed by atoms with E-state index in [0.717, 1.165) is 0 Å². The van der Waals surface area contributed by atoms with Crippen molar-refractivity contribution in [3.05, 3.63) is 65.2 Å². The van der Waals surface area contributed by atoms with Crippen molar-refractivity contribution in [2.75, 3.05) is 26.5 Å². The minimum atomic E-state index is -1.57. The van der Waals surface area contributed by atoms with Crippen molar-refractivity contribution in [1.29, 1.82) is 0 Å². The first-order chi connectivity index (χ1) is 16.6. The number of alkyl halides is 1. The van der Waals surface area contributed by atoms with Gasteiger partial charge in [-0.15, -0.1) is 0 Å². The maximum absolute atomic E-state index is 13.7. The smallest absolute Gasteiger partial charge is 0.259 e. The summed E-state index contributed by atoms with van der Waals surface area (Å²) in [6, 6.07) is 5.00. The Kier molecular flexibility index (Phi) is 8.23. The molecule has 0 saturated carbocycles. The van der Waals surface area contributed by atoms with E-state index in [-0.39, 0.29) is 23.8 Å². The Morgan fingerprint density at radius 3 is 2.74 bits per heavy atom. The van der Waals surface area contributed by atoms with Gasteiger partial charge in [-0.1, -0.05) is 28.6 Å². The molecule has 2 amide bonds. The quantitative estimate of drug-likeness (QED) is 0.508. The van der Waals surface area contributed by atoms with Crippen molar-refractivity contribution >= 4 is 39.6 Å². The van der Waals surface area contributed by atoms with Crippen LogP contribution in [0.15, 0.2) is 70.2 Å². The molecule has 0 bridgehead atoms. The molecule has 0 radical (unpaired) electrons. The first-order valence-electron chi connectivity index (χ1n) is 10.6. The molecule has 1 aliphatic rings. The number of rotatable bonds is 8. The lowest BCUT2D eigenvalue weighted by molar-refractivity contribution is -0.129. The molecular weight excluding hydrogens is 519 g/mol. The van der Waals surface area contributed by atoms with Gasteiger partial charge in [0.2, 0.25) is 12.3 Å². The van der Waals surface area contributed by atoms with Crippen LogP contribution in [0, 0.1) is 0 Å². The highest BCUT2D eigenvalue weighted by atomic mass is 79.9. The van der Waals surface area contributed by atoms with Gasteiger partial charge in [0.25, 0.3) is 5.91 Å². The van der Waals surface area contributed by atoms with Gasteiger partial charge in [-0.3, -0.25) is 14.3 Å². The van der Waals surface area contributed by atoms with Gasteiger partial charge in [0, 0.05) is 56.7 Å². The third kappa shape index (κ3) is 6.24. The maximum atomic E-state index is 13.7. The Hall–Kier alpha value is -3.73. The van der Waals surface area contributed by atoms with E-state index in [4.69, 9.17) is 4.74 Å². The molecule has 3 rings (SSSR count). The Morgan fingerprint density at radius 2 is 2.11 bits per heavy atom. The molecule has 9 nitrogen and oxygen atoms in total. The van der Waals surface area contributed by atoms with Gasteiger partial charge in [0.05, 0.1) is 11.3 Å². The summed E-state index contributed by atoms with van der Waals surface area (Å²) in [5, 5.41) is 7.35. The highest BCUT2D eigenvalue weighted by Crippen LogP contribution is 2.37. The van der Waals surface area contributed by atoms with Crippen LogP contribution in [0.25, 0.3) is 11.3 Å². The van der Waals surface area contributed by atoms with Crippen molar-refractivity contribution < 1.29 is 18.7 Å². The van der Waals surface area contributed by atoms with Gasteiger partial charge in [0.1, 0.15) is 23.8 Å². The van der Waals surface area contributed by atoms with Crippen LogP contribution in [0.3, 0.4) is 0 Å². The van der Waals surface area contributed by atoms with Crippen LogP contribution in [-0.2, 0) is 16.1 Å². The van der Waals surface area contributed by atoms with Crippen LogP contribution in [-0.4, -0.2) is 65.1 Å². The highest BCUT2D eigenvalue weighted by molar-refractivity contribution is 9.10. The molecular formula is C24H26BrFN6O3. The number of aromatic nitrogens is 2. The van der Waals surface area contributed by atoms with E-state index in [1.165, 1.54) is 28.8 Å². The minimum absolute atomic E-state index is 0.0627. The number of likely N-dealkylation sites (N-methyl/N-ethyl adjacent to an activating group) is 1. The summed E-state index contributed by atoms with van der Waals surface area (Å²) in [5.41, 5.74) is 1.27.